The van der Waals surface area contributed by atoms with Crippen molar-refractivity contribution >= 4 is 57.1 Å². The maximum absolute atomic E-state index is 11.5. The second-order valence-corrected chi connectivity index (χ2v) is 12.9. The quantitative estimate of drug-likeness (QED) is 0.0358. The molecule has 9 nitrogen and oxygen atoms in total. The molecule has 0 aliphatic rings. The summed E-state index contributed by atoms with van der Waals surface area (Å²) in [5.74, 6) is -0.00583. The third-order valence-electron chi connectivity index (χ3n) is 9.03. The standard InChI is InChI=1S/C46H39N5O4/c1-33(52)37-19-24-39(25-20-37)48-49-46-44-28-18-36(30-38(44)21-29-45(46)53)31-54-47-32-55-50-40-22-14-34(15-23-40)12-13-35-16-26-43(27-17-35)51(41-8-4-2-5-9-41)42-10-6-3-7-11-42/h2-11,14-30,32,50,53H,12-13,31H2,1H3. The number of carbonyl (C=O) groups excluding carboxylic acids is 1. The summed E-state index contributed by atoms with van der Waals surface area (Å²) in [4.78, 5) is 24.6. The lowest BCUT2D eigenvalue weighted by molar-refractivity contribution is 0.101. The number of hydrogen-bond acceptors (Lipinski definition) is 9. The van der Waals surface area contributed by atoms with Gasteiger partial charge in [-0.05, 0) is 127 Å². The molecule has 0 amide bonds. The molecule has 0 bridgehead atoms. The zero-order valence-electron chi connectivity index (χ0n) is 30.2. The van der Waals surface area contributed by atoms with Gasteiger partial charge in [-0.3, -0.25) is 4.79 Å². The lowest BCUT2D eigenvalue weighted by atomic mass is 10.0. The van der Waals surface area contributed by atoms with Gasteiger partial charge in [-0.1, -0.05) is 84.0 Å². The van der Waals surface area contributed by atoms with Crippen molar-refractivity contribution in [1.82, 2.24) is 0 Å². The van der Waals surface area contributed by atoms with E-state index in [9.17, 15) is 9.90 Å². The van der Waals surface area contributed by atoms with Crippen LogP contribution in [0.5, 0.6) is 5.75 Å². The maximum atomic E-state index is 11.5. The Kier molecular flexibility index (Phi) is 11.5. The van der Waals surface area contributed by atoms with Crippen LogP contribution in [-0.4, -0.2) is 17.3 Å². The van der Waals surface area contributed by atoms with Gasteiger partial charge in [0.2, 0.25) is 6.40 Å². The van der Waals surface area contributed by atoms with E-state index in [1.54, 1.807) is 36.4 Å². The molecule has 0 fully saturated rings. The van der Waals surface area contributed by atoms with Gasteiger partial charge in [0.05, 0.1) is 11.4 Å². The van der Waals surface area contributed by atoms with Crippen LogP contribution in [0.3, 0.4) is 0 Å². The number of phenols is 1. The minimum Gasteiger partial charge on any atom is -0.506 e. The van der Waals surface area contributed by atoms with Crippen molar-refractivity contribution in [1.29, 1.82) is 0 Å². The van der Waals surface area contributed by atoms with Crippen LogP contribution in [0, 0.1) is 0 Å². The second kappa shape index (κ2) is 17.5. The lowest BCUT2D eigenvalue weighted by Crippen LogP contribution is -2.09. The zero-order chi connectivity index (χ0) is 37.8. The minimum absolute atomic E-state index is 0.0151. The molecule has 0 saturated carbocycles. The summed E-state index contributed by atoms with van der Waals surface area (Å²) < 4.78 is 0. The summed E-state index contributed by atoms with van der Waals surface area (Å²) in [6.07, 6.45) is 3.04. The van der Waals surface area contributed by atoms with Gasteiger partial charge in [-0.25, -0.2) is 5.48 Å². The molecule has 7 rings (SSSR count). The van der Waals surface area contributed by atoms with E-state index >= 15 is 0 Å². The SMILES string of the molecule is CC(=O)c1ccc(N=Nc2c(O)ccc3cc(CON=CONc4ccc(CCc5ccc(N(c6ccccc6)c6ccccc6)cc5)cc4)ccc23)cc1. The number of azo groups is 1. The number of nitrogens with zero attached hydrogens (tertiary/aromatic N) is 4. The van der Waals surface area contributed by atoms with Crippen molar-refractivity contribution in [2.45, 2.75) is 26.4 Å². The van der Waals surface area contributed by atoms with Gasteiger partial charge in [0.15, 0.2) is 5.78 Å². The molecule has 0 saturated heterocycles. The molecule has 0 aromatic heterocycles. The highest BCUT2D eigenvalue weighted by Gasteiger charge is 2.12. The van der Waals surface area contributed by atoms with Crippen LogP contribution in [0.1, 0.15) is 34.0 Å². The molecule has 272 valence electrons. The molecule has 7 aromatic carbocycles. The molecule has 7 aromatic rings. The number of Topliss-reactive ketones (excluding diaryl/α,β-unsaturated/α-hetero) is 1. The molecule has 0 unspecified atom stereocenters. The fraction of sp³-hybridized carbons (Fsp3) is 0.0870. The van der Waals surface area contributed by atoms with E-state index in [1.807, 2.05) is 42.5 Å². The van der Waals surface area contributed by atoms with E-state index in [2.05, 4.69) is 111 Å². The number of fused-ring (bicyclic) bond motifs is 1. The highest BCUT2D eigenvalue weighted by molar-refractivity contribution is 5.96. The Morgan fingerprint density at radius 1 is 0.673 bits per heavy atom. The molecular weight excluding hydrogens is 687 g/mol. The van der Waals surface area contributed by atoms with Crippen LogP contribution in [-0.2, 0) is 29.1 Å². The van der Waals surface area contributed by atoms with E-state index in [4.69, 9.17) is 9.68 Å². The number of hydrogen-bond donors (Lipinski definition) is 2. The summed E-state index contributed by atoms with van der Waals surface area (Å²) >= 11 is 0. The van der Waals surface area contributed by atoms with Crippen molar-refractivity contribution in [3.8, 4) is 5.75 Å². The average Bonchev–Trinajstić information content (AvgIpc) is 3.23. The van der Waals surface area contributed by atoms with Gasteiger partial charge in [0, 0.05) is 28.0 Å². The van der Waals surface area contributed by atoms with E-state index in [0.717, 1.165) is 51.9 Å². The highest BCUT2D eigenvalue weighted by Crippen LogP contribution is 2.37. The van der Waals surface area contributed by atoms with E-state index < -0.39 is 0 Å². The van der Waals surface area contributed by atoms with Crippen LogP contribution >= 0.6 is 0 Å². The van der Waals surface area contributed by atoms with Gasteiger partial charge in [0.25, 0.3) is 0 Å². The van der Waals surface area contributed by atoms with Gasteiger partial charge < -0.3 is 19.7 Å². The third kappa shape index (κ3) is 9.40. The first kappa shape index (κ1) is 36.1. The fourth-order valence-corrected chi connectivity index (χ4v) is 6.12. The van der Waals surface area contributed by atoms with E-state index in [0.29, 0.717) is 16.9 Å². The van der Waals surface area contributed by atoms with Crippen LogP contribution in [0.2, 0.25) is 0 Å². The number of oxime groups is 1. The summed E-state index contributed by atoms with van der Waals surface area (Å²) in [5.41, 5.74) is 11.9. The average molecular weight is 726 g/mol. The Morgan fingerprint density at radius 3 is 1.91 bits per heavy atom. The maximum Gasteiger partial charge on any atom is 0.245 e. The number of anilines is 4. The summed E-state index contributed by atoms with van der Waals surface area (Å²) in [6.45, 7) is 1.73. The molecule has 0 radical (unpaired) electrons. The minimum atomic E-state index is -0.0209. The Morgan fingerprint density at radius 2 is 1.27 bits per heavy atom. The third-order valence-corrected chi connectivity index (χ3v) is 9.03. The Hall–Kier alpha value is -7.26. The van der Waals surface area contributed by atoms with Gasteiger partial charge in [0.1, 0.15) is 18.0 Å². The monoisotopic (exact) mass is 725 g/mol. The number of nitrogens with one attached hydrogen (secondary N) is 1. The fourth-order valence-electron chi connectivity index (χ4n) is 6.12. The predicted octanol–water partition coefficient (Wildman–Crippen LogP) is 11.9. The topological polar surface area (TPSA) is 108 Å². The number of ketones is 1. The number of rotatable bonds is 15. The van der Waals surface area contributed by atoms with Gasteiger partial charge >= 0.3 is 0 Å². The van der Waals surface area contributed by atoms with Crippen LogP contribution in [0.4, 0.5) is 34.1 Å². The first-order valence-corrected chi connectivity index (χ1v) is 17.9. The predicted molar refractivity (Wildman–Crippen MR) is 219 cm³/mol. The van der Waals surface area contributed by atoms with Crippen molar-refractivity contribution in [2.24, 2.45) is 15.4 Å². The molecule has 2 N–H and O–H groups in total. The summed E-state index contributed by atoms with van der Waals surface area (Å²) in [6, 6.07) is 53.6. The van der Waals surface area contributed by atoms with Crippen molar-refractivity contribution in [2.75, 3.05) is 10.4 Å². The number of para-hydroxylation sites is 2. The largest absolute Gasteiger partial charge is 0.506 e. The van der Waals surface area contributed by atoms with Crippen molar-refractivity contribution in [3.05, 3.63) is 186 Å². The van der Waals surface area contributed by atoms with Crippen LogP contribution in [0.15, 0.2) is 179 Å². The molecule has 0 aliphatic carbocycles. The molecule has 0 spiro atoms. The van der Waals surface area contributed by atoms with Gasteiger partial charge in [-0.15, -0.1) is 5.11 Å². The number of benzene rings is 7. The van der Waals surface area contributed by atoms with E-state index in [-0.39, 0.29) is 18.1 Å². The molecule has 55 heavy (non-hydrogen) atoms. The Labute approximate surface area is 319 Å². The molecule has 0 heterocycles. The highest BCUT2D eigenvalue weighted by atomic mass is 16.7. The smallest absolute Gasteiger partial charge is 0.245 e. The first-order chi connectivity index (χ1) is 27.0. The molecule has 9 heteroatoms. The van der Waals surface area contributed by atoms with Crippen LogP contribution in [0.25, 0.3) is 10.8 Å². The number of carbonyl (C=O) groups is 1. The zero-order valence-corrected chi connectivity index (χ0v) is 30.2. The Balaban J connectivity index is 0.867. The Bertz CT molecular complexity index is 2360. The van der Waals surface area contributed by atoms with Crippen molar-refractivity contribution < 1.29 is 19.6 Å². The molecule has 0 aliphatic heterocycles. The number of aromatic hydroxyl groups is 1. The number of aryl methyl sites for hydroxylation is 2. The lowest BCUT2D eigenvalue weighted by Gasteiger charge is -2.25. The summed E-state index contributed by atoms with van der Waals surface area (Å²) in [5, 5.41) is 24.5. The van der Waals surface area contributed by atoms with Crippen molar-refractivity contribution in [3.63, 3.8) is 0 Å². The normalized spacial score (nSPS) is 11.2. The van der Waals surface area contributed by atoms with E-state index in [1.165, 1.54) is 24.5 Å². The first-order valence-electron chi connectivity index (χ1n) is 17.9. The summed E-state index contributed by atoms with van der Waals surface area (Å²) in [7, 11) is 0. The van der Waals surface area contributed by atoms with Crippen LogP contribution < -0.4 is 10.4 Å². The van der Waals surface area contributed by atoms with Gasteiger partial charge in [-0.2, -0.15) is 5.11 Å². The molecule has 0 atom stereocenters. The second-order valence-electron chi connectivity index (χ2n) is 12.9. The number of phenolic OH excluding ortho intramolecular Hbond substituents is 1. The molecular formula is C46H39N5O4.